The maximum absolute atomic E-state index is 12.9. The van der Waals surface area contributed by atoms with Crippen LogP contribution in [0.15, 0.2) is 24.3 Å². The molecule has 2 rings (SSSR count). The van der Waals surface area contributed by atoms with Crippen molar-refractivity contribution in [3.05, 3.63) is 30.1 Å². The summed E-state index contributed by atoms with van der Waals surface area (Å²) >= 11 is 0. The zero-order valence-corrected chi connectivity index (χ0v) is 14.7. The van der Waals surface area contributed by atoms with Crippen LogP contribution in [0.2, 0.25) is 0 Å². The van der Waals surface area contributed by atoms with E-state index >= 15 is 0 Å². The Kier molecular flexibility index (Phi) is 7.15. The summed E-state index contributed by atoms with van der Waals surface area (Å²) < 4.78 is 18.3. The predicted octanol–water partition coefficient (Wildman–Crippen LogP) is 2.24. The molecule has 0 saturated carbocycles. The van der Waals surface area contributed by atoms with Gasteiger partial charge in [0.25, 0.3) is 0 Å². The molecule has 1 amide bonds. The van der Waals surface area contributed by atoms with Crippen molar-refractivity contribution in [3.63, 3.8) is 0 Å². The van der Waals surface area contributed by atoms with Crippen LogP contribution in [0.25, 0.3) is 0 Å². The topological polar surface area (TPSA) is 53.6 Å². The number of carbonyl (C=O) groups excluding carboxylic acids is 1. The zero-order valence-electron chi connectivity index (χ0n) is 14.7. The molecule has 1 aromatic rings. The lowest BCUT2D eigenvalue weighted by molar-refractivity contribution is -0.116. The minimum Gasteiger partial charge on any atom is -0.379 e. The fraction of sp³-hybridized carbons (Fsp3) is 0.611. The molecule has 0 bridgehead atoms. The first-order valence-electron chi connectivity index (χ1n) is 8.58. The maximum Gasteiger partial charge on any atom is 0.225 e. The fourth-order valence-corrected chi connectivity index (χ4v) is 2.98. The van der Waals surface area contributed by atoms with E-state index in [2.05, 4.69) is 29.4 Å². The van der Waals surface area contributed by atoms with Crippen molar-refractivity contribution < 1.29 is 13.9 Å². The summed E-state index contributed by atoms with van der Waals surface area (Å²) in [7, 11) is 0. The Labute approximate surface area is 143 Å². The average Bonchev–Trinajstić information content (AvgIpc) is 2.55. The lowest BCUT2D eigenvalue weighted by atomic mass is 10.1. The van der Waals surface area contributed by atoms with Gasteiger partial charge in [-0.05, 0) is 45.0 Å². The van der Waals surface area contributed by atoms with E-state index in [4.69, 9.17) is 4.74 Å². The van der Waals surface area contributed by atoms with E-state index in [0.717, 1.165) is 26.3 Å². The Morgan fingerprint density at radius 2 is 2.08 bits per heavy atom. The number of ether oxygens (including phenoxy) is 1. The van der Waals surface area contributed by atoms with Gasteiger partial charge in [0.15, 0.2) is 0 Å². The molecule has 1 aliphatic heterocycles. The van der Waals surface area contributed by atoms with Crippen molar-refractivity contribution >= 4 is 11.6 Å². The predicted molar refractivity (Wildman–Crippen MR) is 93.6 cm³/mol. The summed E-state index contributed by atoms with van der Waals surface area (Å²) in [5, 5.41) is 6.21. The first-order valence-corrected chi connectivity index (χ1v) is 8.58. The van der Waals surface area contributed by atoms with Crippen LogP contribution in [0.3, 0.4) is 0 Å². The number of halogens is 1. The lowest BCUT2D eigenvalue weighted by Gasteiger charge is -2.38. The van der Waals surface area contributed by atoms with Crippen molar-refractivity contribution in [2.45, 2.75) is 45.3 Å². The Bertz CT molecular complexity index is 524. The number of rotatable bonds is 7. The highest BCUT2D eigenvalue weighted by Gasteiger charge is 2.23. The molecule has 0 radical (unpaired) electrons. The van der Waals surface area contributed by atoms with E-state index in [-0.39, 0.29) is 17.8 Å². The van der Waals surface area contributed by atoms with E-state index in [1.807, 2.05) is 6.92 Å². The molecule has 0 aromatic heterocycles. The minimum absolute atomic E-state index is 0.0734. The standard InChI is InChI=1S/C18H28FN3O2/c1-13(10-18(23)21-17-6-4-16(19)5-7-17)20-11-14(2)22-8-9-24-12-15(22)3/h4-7,13-15,20H,8-12H2,1-3H3,(H,21,23)/t13-,14-,15+/m1/s1. The number of carbonyl (C=O) groups is 1. The molecule has 1 heterocycles. The SMILES string of the molecule is C[C@H](CC(=O)Nc1ccc(F)cc1)NC[C@@H](C)N1CCOC[C@@H]1C. The van der Waals surface area contributed by atoms with Crippen molar-refractivity contribution in [2.24, 2.45) is 0 Å². The molecule has 2 N–H and O–H groups in total. The van der Waals surface area contributed by atoms with Gasteiger partial charge in [-0.25, -0.2) is 4.39 Å². The number of hydrogen-bond donors (Lipinski definition) is 2. The lowest BCUT2D eigenvalue weighted by Crippen LogP contribution is -2.52. The van der Waals surface area contributed by atoms with Crippen LogP contribution in [0, 0.1) is 5.82 Å². The second kappa shape index (κ2) is 9.11. The van der Waals surface area contributed by atoms with Crippen molar-refractivity contribution in [1.82, 2.24) is 10.2 Å². The Morgan fingerprint density at radius 3 is 2.75 bits per heavy atom. The third-order valence-corrected chi connectivity index (χ3v) is 4.37. The molecule has 24 heavy (non-hydrogen) atoms. The number of morpholine rings is 1. The van der Waals surface area contributed by atoms with Crippen LogP contribution in [0.5, 0.6) is 0 Å². The summed E-state index contributed by atoms with van der Waals surface area (Å²) in [5.41, 5.74) is 0.615. The number of amides is 1. The summed E-state index contributed by atoms with van der Waals surface area (Å²) in [6.45, 7) is 9.71. The number of nitrogens with zero attached hydrogens (tertiary/aromatic N) is 1. The third-order valence-electron chi connectivity index (χ3n) is 4.37. The first-order chi connectivity index (χ1) is 11.5. The largest absolute Gasteiger partial charge is 0.379 e. The van der Waals surface area contributed by atoms with E-state index in [0.29, 0.717) is 24.2 Å². The Hall–Kier alpha value is -1.50. The molecule has 3 atom stereocenters. The van der Waals surface area contributed by atoms with Gasteiger partial charge in [-0.2, -0.15) is 0 Å². The van der Waals surface area contributed by atoms with Gasteiger partial charge in [0.05, 0.1) is 13.2 Å². The van der Waals surface area contributed by atoms with Crippen LogP contribution in [0.4, 0.5) is 10.1 Å². The van der Waals surface area contributed by atoms with Crippen LogP contribution >= 0.6 is 0 Å². The quantitative estimate of drug-likeness (QED) is 0.801. The molecule has 134 valence electrons. The Morgan fingerprint density at radius 1 is 1.38 bits per heavy atom. The van der Waals surface area contributed by atoms with Gasteiger partial charge in [-0.3, -0.25) is 9.69 Å². The van der Waals surface area contributed by atoms with Crippen LogP contribution in [0.1, 0.15) is 27.2 Å². The van der Waals surface area contributed by atoms with Gasteiger partial charge in [0.2, 0.25) is 5.91 Å². The zero-order chi connectivity index (χ0) is 17.5. The molecule has 1 fully saturated rings. The fourth-order valence-electron chi connectivity index (χ4n) is 2.98. The smallest absolute Gasteiger partial charge is 0.225 e. The van der Waals surface area contributed by atoms with Crippen molar-refractivity contribution in [2.75, 3.05) is 31.6 Å². The van der Waals surface area contributed by atoms with Crippen LogP contribution in [-0.4, -0.2) is 55.2 Å². The molecule has 0 aliphatic carbocycles. The van der Waals surface area contributed by atoms with Crippen LogP contribution in [-0.2, 0) is 9.53 Å². The molecule has 0 spiro atoms. The minimum atomic E-state index is -0.311. The van der Waals surface area contributed by atoms with Crippen molar-refractivity contribution in [3.8, 4) is 0 Å². The second-order valence-electron chi connectivity index (χ2n) is 6.58. The van der Waals surface area contributed by atoms with Gasteiger partial charge in [-0.1, -0.05) is 0 Å². The number of hydrogen-bond acceptors (Lipinski definition) is 4. The van der Waals surface area contributed by atoms with E-state index < -0.39 is 0 Å². The monoisotopic (exact) mass is 337 g/mol. The number of anilines is 1. The summed E-state index contributed by atoms with van der Waals surface area (Å²) in [6.07, 6.45) is 0.378. The molecule has 1 aliphatic rings. The second-order valence-corrected chi connectivity index (χ2v) is 6.58. The molecular formula is C18H28FN3O2. The maximum atomic E-state index is 12.9. The van der Waals surface area contributed by atoms with Gasteiger partial charge < -0.3 is 15.4 Å². The average molecular weight is 337 g/mol. The first kappa shape index (κ1) is 18.8. The Balaban J connectivity index is 1.71. The van der Waals surface area contributed by atoms with Gasteiger partial charge in [-0.15, -0.1) is 0 Å². The summed E-state index contributed by atoms with van der Waals surface area (Å²) in [4.78, 5) is 14.5. The van der Waals surface area contributed by atoms with Crippen LogP contribution < -0.4 is 10.6 Å². The van der Waals surface area contributed by atoms with Gasteiger partial charge in [0, 0.05) is 43.3 Å². The molecule has 0 unspecified atom stereocenters. The third kappa shape index (κ3) is 5.85. The highest BCUT2D eigenvalue weighted by atomic mass is 19.1. The summed E-state index contributed by atoms with van der Waals surface area (Å²) in [6, 6.07) is 6.69. The molecule has 5 nitrogen and oxygen atoms in total. The molecular weight excluding hydrogens is 309 g/mol. The van der Waals surface area contributed by atoms with E-state index in [1.165, 1.54) is 12.1 Å². The molecule has 1 saturated heterocycles. The van der Waals surface area contributed by atoms with Crippen molar-refractivity contribution in [1.29, 1.82) is 0 Å². The molecule has 1 aromatic carbocycles. The van der Waals surface area contributed by atoms with E-state index in [9.17, 15) is 9.18 Å². The van der Waals surface area contributed by atoms with Gasteiger partial charge in [0.1, 0.15) is 5.82 Å². The van der Waals surface area contributed by atoms with Gasteiger partial charge >= 0.3 is 0 Å². The number of nitrogens with one attached hydrogen (secondary N) is 2. The number of benzene rings is 1. The normalized spacial score (nSPS) is 21.2. The molecule has 6 heteroatoms. The summed E-state index contributed by atoms with van der Waals surface area (Å²) in [5.74, 6) is -0.386. The highest BCUT2D eigenvalue weighted by Crippen LogP contribution is 2.11. The van der Waals surface area contributed by atoms with E-state index in [1.54, 1.807) is 12.1 Å². The highest BCUT2D eigenvalue weighted by molar-refractivity contribution is 5.91.